The Morgan fingerprint density at radius 1 is 1.11 bits per heavy atom. The number of hydrogen-bond donors (Lipinski definition) is 1. The van der Waals surface area contributed by atoms with Crippen LogP contribution in [0.1, 0.15) is 72.1 Å². The van der Waals surface area contributed by atoms with Crippen LogP contribution in [0.5, 0.6) is 0 Å². The van der Waals surface area contributed by atoms with E-state index in [2.05, 4.69) is 32.7 Å². The lowest BCUT2D eigenvalue weighted by molar-refractivity contribution is 0.154. The number of nitrogens with two attached hydrogens (primary N) is 1. The predicted octanol–water partition coefficient (Wildman–Crippen LogP) is 4.04. The molecular weight excluding hydrogens is 232 g/mol. The monoisotopic (exact) mass is 268 g/mol. The second kappa shape index (κ2) is 8.26. The number of rotatable bonds is 8. The van der Waals surface area contributed by atoms with E-state index in [4.69, 9.17) is 5.73 Å². The van der Waals surface area contributed by atoms with E-state index in [0.29, 0.717) is 5.41 Å². The summed E-state index contributed by atoms with van der Waals surface area (Å²) in [5, 5.41) is 0. The van der Waals surface area contributed by atoms with Gasteiger partial charge in [0.15, 0.2) is 0 Å². The van der Waals surface area contributed by atoms with E-state index in [-0.39, 0.29) is 0 Å². The standard InChI is InChI=1S/C17H36N2/c1-5-15-7-9-16(10-8-15)19(4)14-6-11-17(2,3)12-13-18/h15-16H,5-14,18H2,1-4H3. The molecule has 1 aliphatic rings. The van der Waals surface area contributed by atoms with E-state index in [1.165, 1.54) is 51.5 Å². The fraction of sp³-hybridized carbons (Fsp3) is 1.00. The molecule has 0 aliphatic heterocycles. The first-order valence-electron chi connectivity index (χ1n) is 8.39. The Hall–Kier alpha value is -0.0800. The van der Waals surface area contributed by atoms with Gasteiger partial charge in [-0.25, -0.2) is 0 Å². The molecule has 0 aromatic heterocycles. The molecule has 0 spiro atoms. The van der Waals surface area contributed by atoms with Gasteiger partial charge in [0.05, 0.1) is 0 Å². The van der Waals surface area contributed by atoms with Gasteiger partial charge in [0.2, 0.25) is 0 Å². The maximum atomic E-state index is 5.68. The van der Waals surface area contributed by atoms with E-state index >= 15 is 0 Å². The molecule has 0 bridgehead atoms. The van der Waals surface area contributed by atoms with Gasteiger partial charge in [-0.2, -0.15) is 0 Å². The highest BCUT2D eigenvalue weighted by Crippen LogP contribution is 2.30. The van der Waals surface area contributed by atoms with Crippen molar-refractivity contribution in [2.45, 2.75) is 78.2 Å². The molecule has 114 valence electrons. The van der Waals surface area contributed by atoms with Gasteiger partial charge < -0.3 is 10.6 Å². The van der Waals surface area contributed by atoms with Gasteiger partial charge in [-0.3, -0.25) is 0 Å². The fourth-order valence-corrected chi connectivity index (χ4v) is 3.50. The molecule has 0 unspecified atom stereocenters. The average molecular weight is 268 g/mol. The van der Waals surface area contributed by atoms with Crippen molar-refractivity contribution in [1.29, 1.82) is 0 Å². The molecule has 0 amide bonds. The van der Waals surface area contributed by atoms with Gasteiger partial charge in [0, 0.05) is 6.04 Å². The smallest absolute Gasteiger partial charge is 0.00924 e. The van der Waals surface area contributed by atoms with Crippen LogP contribution in [0.2, 0.25) is 0 Å². The molecule has 1 aliphatic carbocycles. The van der Waals surface area contributed by atoms with Crippen molar-refractivity contribution in [1.82, 2.24) is 4.90 Å². The van der Waals surface area contributed by atoms with Crippen LogP contribution in [-0.2, 0) is 0 Å². The maximum Gasteiger partial charge on any atom is 0.00924 e. The number of nitrogens with zero attached hydrogens (tertiary/aromatic N) is 1. The molecule has 1 fully saturated rings. The van der Waals surface area contributed by atoms with E-state index in [0.717, 1.165) is 24.9 Å². The third kappa shape index (κ3) is 6.27. The first-order valence-corrected chi connectivity index (χ1v) is 8.39. The van der Waals surface area contributed by atoms with Gasteiger partial charge >= 0.3 is 0 Å². The molecule has 0 heterocycles. The lowest BCUT2D eigenvalue weighted by Gasteiger charge is -2.35. The first-order chi connectivity index (χ1) is 8.98. The third-order valence-electron chi connectivity index (χ3n) is 5.20. The molecule has 2 heteroatoms. The Kier molecular flexibility index (Phi) is 7.38. The van der Waals surface area contributed by atoms with Gasteiger partial charge in [-0.15, -0.1) is 0 Å². The summed E-state index contributed by atoms with van der Waals surface area (Å²) in [5.41, 5.74) is 6.10. The zero-order valence-electron chi connectivity index (χ0n) is 13.8. The van der Waals surface area contributed by atoms with E-state index in [9.17, 15) is 0 Å². The minimum absolute atomic E-state index is 0.426. The minimum atomic E-state index is 0.426. The summed E-state index contributed by atoms with van der Waals surface area (Å²) < 4.78 is 0. The van der Waals surface area contributed by atoms with Gasteiger partial charge in [0.25, 0.3) is 0 Å². The Balaban J connectivity index is 2.19. The maximum absolute atomic E-state index is 5.68. The predicted molar refractivity (Wildman–Crippen MR) is 85.4 cm³/mol. The second-order valence-corrected chi connectivity index (χ2v) is 7.37. The molecule has 2 N–H and O–H groups in total. The van der Waals surface area contributed by atoms with Crippen LogP contribution in [0.25, 0.3) is 0 Å². The summed E-state index contributed by atoms with van der Waals surface area (Å²) in [6.07, 6.45) is 10.9. The first kappa shape index (κ1) is 17.0. The summed E-state index contributed by atoms with van der Waals surface area (Å²) >= 11 is 0. The van der Waals surface area contributed by atoms with Crippen molar-refractivity contribution in [3.63, 3.8) is 0 Å². The molecule has 0 aromatic carbocycles. The van der Waals surface area contributed by atoms with Crippen molar-refractivity contribution in [3.8, 4) is 0 Å². The van der Waals surface area contributed by atoms with Gasteiger partial charge in [-0.1, -0.05) is 27.2 Å². The summed E-state index contributed by atoms with van der Waals surface area (Å²) in [7, 11) is 2.33. The molecule has 1 saturated carbocycles. The SMILES string of the molecule is CCC1CCC(N(C)CCCC(C)(C)CCN)CC1. The lowest BCUT2D eigenvalue weighted by Crippen LogP contribution is -2.36. The van der Waals surface area contributed by atoms with Crippen LogP contribution < -0.4 is 5.73 Å². The highest BCUT2D eigenvalue weighted by atomic mass is 15.1. The van der Waals surface area contributed by atoms with Crippen LogP contribution in [0.15, 0.2) is 0 Å². The van der Waals surface area contributed by atoms with E-state index in [1.807, 2.05) is 0 Å². The molecule has 0 atom stereocenters. The van der Waals surface area contributed by atoms with Gasteiger partial charge in [-0.05, 0) is 76.4 Å². The topological polar surface area (TPSA) is 29.3 Å². The van der Waals surface area contributed by atoms with Crippen LogP contribution in [0, 0.1) is 11.3 Å². The van der Waals surface area contributed by atoms with E-state index < -0.39 is 0 Å². The van der Waals surface area contributed by atoms with Crippen molar-refractivity contribution in [3.05, 3.63) is 0 Å². The van der Waals surface area contributed by atoms with Crippen LogP contribution in [0.3, 0.4) is 0 Å². The minimum Gasteiger partial charge on any atom is -0.330 e. The number of hydrogen-bond acceptors (Lipinski definition) is 2. The Labute approximate surface area is 121 Å². The zero-order valence-corrected chi connectivity index (χ0v) is 13.8. The average Bonchev–Trinajstić information content (AvgIpc) is 2.38. The largest absolute Gasteiger partial charge is 0.330 e. The zero-order chi connectivity index (χ0) is 14.3. The summed E-state index contributed by atoms with van der Waals surface area (Å²) in [6.45, 7) is 9.13. The molecule has 0 radical (unpaired) electrons. The fourth-order valence-electron chi connectivity index (χ4n) is 3.50. The van der Waals surface area contributed by atoms with Crippen molar-refractivity contribution in [2.75, 3.05) is 20.1 Å². The third-order valence-corrected chi connectivity index (χ3v) is 5.20. The normalized spacial score (nSPS) is 24.9. The molecule has 19 heavy (non-hydrogen) atoms. The Morgan fingerprint density at radius 3 is 2.26 bits per heavy atom. The van der Waals surface area contributed by atoms with Crippen molar-refractivity contribution in [2.24, 2.45) is 17.1 Å². The van der Waals surface area contributed by atoms with E-state index in [1.54, 1.807) is 0 Å². The molecule has 0 saturated heterocycles. The van der Waals surface area contributed by atoms with Crippen LogP contribution >= 0.6 is 0 Å². The summed E-state index contributed by atoms with van der Waals surface area (Å²) in [5.74, 6) is 1.01. The summed E-state index contributed by atoms with van der Waals surface area (Å²) in [6, 6.07) is 0.848. The second-order valence-electron chi connectivity index (χ2n) is 7.37. The molecule has 1 rings (SSSR count). The lowest BCUT2D eigenvalue weighted by atomic mass is 9.83. The quantitative estimate of drug-likeness (QED) is 0.720. The Morgan fingerprint density at radius 2 is 1.74 bits per heavy atom. The van der Waals surface area contributed by atoms with Crippen molar-refractivity contribution >= 4 is 0 Å². The van der Waals surface area contributed by atoms with Gasteiger partial charge in [0.1, 0.15) is 0 Å². The Bertz CT molecular complexity index is 229. The summed E-state index contributed by atoms with van der Waals surface area (Å²) in [4.78, 5) is 2.62. The highest BCUT2D eigenvalue weighted by molar-refractivity contribution is 4.78. The molecule has 2 nitrogen and oxygen atoms in total. The molecule has 0 aromatic rings. The van der Waals surface area contributed by atoms with Crippen LogP contribution in [-0.4, -0.2) is 31.1 Å². The highest BCUT2D eigenvalue weighted by Gasteiger charge is 2.23. The van der Waals surface area contributed by atoms with Crippen LogP contribution in [0.4, 0.5) is 0 Å². The molecular formula is C17H36N2. The van der Waals surface area contributed by atoms with Crippen molar-refractivity contribution < 1.29 is 0 Å².